The summed E-state index contributed by atoms with van der Waals surface area (Å²) in [6.07, 6.45) is 1.40. The Morgan fingerprint density at radius 1 is 1.11 bits per heavy atom. The van der Waals surface area contributed by atoms with Crippen LogP contribution in [0.5, 0.6) is 0 Å². The van der Waals surface area contributed by atoms with Crippen LogP contribution < -0.4 is 5.32 Å². The van der Waals surface area contributed by atoms with Gasteiger partial charge in [-0.05, 0) is 49.4 Å². The minimum atomic E-state index is -3.44. The Bertz CT molecular complexity index is 910. The quantitative estimate of drug-likeness (QED) is 0.855. The number of piperidine rings is 1. The van der Waals surface area contributed by atoms with E-state index in [2.05, 4.69) is 5.32 Å². The molecule has 1 aliphatic heterocycles. The second-order valence-electron chi connectivity index (χ2n) is 7.18. The maximum atomic E-state index is 12.8. The highest BCUT2D eigenvalue weighted by Crippen LogP contribution is 2.24. The SMILES string of the molecule is Cc1cccc(NC(=O)[C@H]2CCCN(S(=O)(=O)Cc3ccccc3)C2)c1C. The van der Waals surface area contributed by atoms with Crippen molar-refractivity contribution in [1.82, 2.24) is 4.31 Å². The summed E-state index contributed by atoms with van der Waals surface area (Å²) in [5.74, 6) is -0.466. The molecule has 1 amide bonds. The molecule has 1 saturated heterocycles. The molecule has 1 aliphatic rings. The first-order valence-electron chi connectivity index (χ1n) is 9.25. The minimum absolute atomic E-state index is 0.0286. The molecule has 1 fully saturated rings. The van der Waals surface area contributed by atoms with E-state index in [0.717, 1.165) is 22.4 Å². The highest BCUT2D eigenvalue weighted by atomic mass is 32.2. The van der Waals surface area contributed by atoms with Crippen LogP contribution in [-0.4, -0.2) is 31.7 Å². The van der Waals surface area contributed by atoms with Gasteiger partial charge in [-0.1, -0.05) is 42.5 Å². The van der Waals surface area contributed by atoms with Crippen molar-refractivity contribution in [2.24, 2.45) is 5.92 Å². The van der Waals surface area contributed by atoms with Crippen molar-refractivity contribution in [3.8, 4) is 0 Å². The van der Waals surface area contributed by atoms with Crippen LogP contribution in [0.2, 0.25) is 0 Å². The molecule has 2 aromatic carbocycles. The van der Waals surface area contributed by atoms with Gasteiger partial charge < -0.3 is 5.32 Å². The van der Waals surface area contributed by atoms with Crippen LogP contribution >= 0.6 is 0 Å². The predicted molar refractivity (Wildman–Crippen MR) is 108 cm³/mol. The number of sulfonamides is 1. The molecule has 0 aromatic heterocycles. The minimum Gasteiger partial charge on any atom is -0.326 e. The summed E-state index contributed by atoms with van der Waals surface area (Å²) in [5, 5.41) is 2.98. The lowest BCUT2D eigenvalue weighted by molar-refractivity contribution is -0.120. The number of hydrogen-bond acceptors (Lipinski definition) is 3. The number of nitrogens with one attached hydrogen (secondary N) is 1. The fraction of sp³-hybridized carbons (Fsp3) is 0.381. The maximum absolute atomic E-state index is 12.8. The molecule has 0 bridgehead atoms. The average molecular weight is 387 g/mol. The normalized spacial score (nSPS) is 18.2. The Balaban J connectivity index is 1.68. The molecule has 1 N–H and O–H groups in total. The van der Waals surface area contributed by atoms with E-state index in [1.807, 2.05) is 62.4 Å². The predicted octanol–water partition coefficient (Wildman–Crippen LogP) is 3.48. The van der Waals surface area contributed by atoms with Gasteiger partial charge in [-0.3, -0.25) is 4.79 Å². The average Bonchev–Trinajstić information content (AvgIpc) is 2.66. The largest absolute Gasteiger partial charge is 0.326 e. The lowest BCUT2D eigenvalue weighted by atomic mass is 9.98. The van der Waals surface area contributed by atoms with Gasteiger partial charge in [0.2, 0.25) is 15.9 Å². The molecule has 0 spiro atoms. The lowest BCUT2D eigenvalue weighted by Crippen LogP contribution is -2.44. The van der Waals surface area contributed by atoms with Gasteiger partial charge in [0, 0.05) is 18.8 Å². The molecular weight excluding hydrogens is 360 g/mol. The van der Waals surface area contributed by atoms with Gasteiger partial charge in [0.15, 0.2) is 0 Å². The Hall–Kier alpha value is -2.18. The van der Waals surface area contributed by atoms with Gasteiger partial charge in [-0.15, -0.1) is 0 Å². The van der Waals surface area contributed by atoms with Crippen LogP contribution in [0.3, 0.4) is 0 Å². The van der Waals surface area contributed by atoms with Crippen LogP contribution in [0.4, 0.5) is 5.69 Å². The molecule has 144 valence electrons. The van der Waals surface area contributed by atoms with Crippen molar-refractivity contribution >= 4 is 21.6 Å². The zero-order valence-electron chi connectivity index (χ0n) is 15.8. The molecule has 27 heavy (non-hydrogen) atoms. The summed E-state index contributed by atoms with van der Waals surface area (Å²) >= 11 is 0. The van der Waals surface area contributed by atoms with Crippen LogP contribution in [0, 0.1) is 19.8 Å². The molecular formula is C21H26N2O3S. The number of carbonyl (C=O) groups excluding carboxylic acids is 1. The molecule has 0 unspecified atom stereocenters. The van der Waals surface area contributed by atoms with Crippen molar-refractivity contribution in [1.29, 1.82) is 0 Å². The van der Waals surface area contributed by atoms with E-state index in [4.69, 9.17) is 0 Å². The summed E-state index contributed by atoms with van der Waals surface area (Å²) < 4.78 is 27.0. The third-order valence-corrected chi connectivity index (χ3v) is 7.02. The molecule has 5 nitrogen and oxygen atoms in total. The van der Waals surface area contributed by atoms with Crippen LogP contribution in [-0.2, 0) is 20.6 Å². The van der Waals surface area contributed by atoms with E-state index in [9.17, 15) is 13.2 Å². The van der Waals surface area contributed by atoms with E-state index in [1.54, 1.807) is 0 Å². The van der Waals surface area contributed by atoms with Crippen LogP contribution in [0.15, 0.2) is 48.5 Å². The number of rotatable bonds is 5. The lowest BCUT2D eigenvalue weighted by Gasteiger charge is -2.31. The van der Waals surface area contributed by atoms with E-state index >= 15 is 0 Å². The summed E-state index contributed by atoms with van der Waals surface area (Å²) in [6.45, 7) is 4.69. The summed E-state index contributed by atoms with van der Waals surface area (Å²) in [4.78, 5) is 12.7. The first-order chi connectivity index (χ1) is 12.9. The Labute approximate surface area is 161 Å². The number of hydrogen-bond donors (Lipinski definition) is 1. The fourth-order valence-electron chi connectivity index (χ4n) is 3.41. The van der Waals surface area contributed by atoms with Crippen LogP contribution in [0.1, 0.15) is 29.5 Å². The Kier molecular flexibility index (Phi) is 5.97. The van der Waals surface area contributed by atoms with Gasteiger partial charge in [0.25, 0.3) is 0 Å². The van der Waals surface area contributed by atoms with E-state index in [-0.39, 0.29) is 24.1 Å². The molecule has 3 rings (SSSR count). The number of anilines is 1. The molecule has 1 heterocycles. The second-order valence-corrected chi connectivity index (χ2v) is 9.14. The fourth-order valence-corrected chi connectivity index (χ4v) is 5.02. The van der Waals surface area contributed by atoms with Gasteiger partial charge in [-0.25, -0.2) is 12.7 Å². The highest BCUT2D eigenvalue weighted by molar-refractivity contribution is 7.88. The monoisotopic (exact) mass is 386 g/mol. The number of benzene rings is 2. The smallest absolute Gasteiger partial charge is 0.228 e. The number of carbonyl (C=O) groups is 1. The molecule has 2 aromatic rings. The Morgan fingerprint density at radius 2 is 1.85 bits per heavy atom. The molecule has 0 saturated carbocycles. The third-order valence-electron chi connectivity index (χ3n) is 5.20. The second kappa shape index (κ2) is 8.23. The zero-order chi connectivity index (χ0) is 19.4. The maximum Gasteiger partial charge on any atom is 0.228 e. The highest BCUT2D eigenvalue weighted by Gasteiger charge is 2.32. The number of amides is 1. The summed E-state index contributed by atoms with van der Waals surface area (Å²) in [7, 11) is -3.44. The van der Waals surface area contributed by atoms with E-state index in [1.165, 1.54) is 4.31 Å². The standard InChI is InChI=1S/C21H26N2O3S/c1-16-8-6-12-20(17(16)2)22-21(24)19-11-7-13-23(14-19)27(25,26)15-18-9-4-3-5-10-18/h3-6,8-10,12,19H,7,11,13-15H2,1-2H3,(H,22,24)/t19-/m0/s1. The zero-order valence-corrected chi connectivity index (χ0v) is 16.6. The summed E-state index contributed by atoms with van der Waals surface area (Å²) in [6, 6.07) is 15.0. The van der Waals surface area contributed by atoms with Gasteiger partial charge in [-0.2, -0.15) is 0 Å². The van der Waals surface area contributed by atoms with Crippen molar-refractivity contribution in [3.63, 3.8) is 0 Å². The number of nitrogens with zero attached hydrogens (tertiary/aromatic N) is 1. The first kappa shape index (κ1) is 19.6. The van der Waals surface area contributed by atoms with E-state index in [0.29, 0.717) is 19.4 Å². The van der Waals surface area contributed by atoms with Crippen molar-refractivity contribution < 1.29 is 13.2 Å². The third kappa shape index (κ3) is 4.76. The van der Waals surface area contributed by atoms with Crippen molar-refractivity contribution in [2.45, 2.75) is 32.4 Å². The molecule has 6 heteroatoms. The molecule has 0 aliphatic carbocycles. The molecule has 0 radical (unpaired) electrons. The van der Waals surface area contributed by atoms with Gasteiger partial charge in [0.1, 0.15) is 0 Å². The van der Waals surface area contributed by atoms with E-state index < -0.39 is 10.0 Å². The number of aryl methyl sites for hydroxylation is 1. The summed E-state index contributed by atoms with van der Waals surface area (Å²) in [5.41, 5.74) is 3.71. The van der Waals surface area contributed by atoms with Crippen molar-refractivity contribution in [2.75, 3.05) is 18.4 Å². The first-order valence-corrected chi connectivity index (χ1v) is 10.9. The van der Waals surface area contributed by atoms with Crippen LogP contribution in [0.25, 0.3) is 0 Å². The molecule has 1 atom stereocenters. The van der Waals surface area contributed by atoms with Crippen molar-refractivity contribution in [3.05, 3.63) is 65.2 Å². The van der Waals surface area contributed by atoms with Gasteiger partial charge in [0.05, 0.1) is 11.7 Å². The topological polar surface area (TPSA) is 66.5 Å². The van der Waals surface area contributed by atoms with Gasteiger partial charge >= 0.3 is 0 Å². The Morgan fingerprint density at radius 3 is 2.59 bits per heavy atom.